The number of nitrogens with zero attached hydrogens (tertiary/aromatic N) is 5. The number of morpholine rings is 1. The van der Waals surface area contributed by atoms with Gasteiger partial charge in [-0.3, -0.25) is 9.69 Å². The maximum absolute atomic E-state index is 13.2. The number of piperidine rings is 1. The standard InChI is InChI=1S/C26H31N7O4/c1-3-37-20-13-22(31-25-23(20)18(14-27)16-29-25)30-24-21(35-2)12-17(15-28-24)26(34)33-6-4-19(5-7-33)32-8-10-36-11-9-32/h12-13,15-16,19H,3-11H2,1-2H3,(H2,28,29,30,31). The number of likely N-dealkylation sites (tertiary alicyclic amines) is 1. The second-order valence-corrected chi connectivity index (χ2v) is 9.05. The predicted molar refractivity (Wildman–Crippen MR) is 137 cm³/mol. The number of H-pyrrole nitrogens is 1. The molecule has 1 amide bonds. The lowest BCUT2D eigenvalue weighted by Crippen LogP contribution is -2.50. The summed E-state index contributed by atoms with van der Waals surface area (Å²) in [5, 5.41) is 13.2. The Labute approximate surface area is 215 Å². The van der Waals surface area contributed by atoms with Gasteiger partial charge in [-0.05, 0) is 25.8 Å². The first kappa shape index (κ1) is 24.8. The average Bonchev–Trinajstić information content (AvgIpc) is 3.37. The van der Waals surface area contributed by atoms with E-state index in [-0.39, 0.29) is 5.91 Å². The number of anilines is 2. The quantitative estimate of drug-likeness (QED) is 0.498. The average molecular weight is 506 g/mol. The van der Waals surface area contributed by atoms with Crippen LogP contribution in [-0.4, -0.2) is 89.8 Å². The van der Waals surface area contributed by atoms with Gasteiger partial charge in [0, 0.05) is 50.7 Å². The Morgan fingerprint density at radius 2 is 2.03 bits per heavy atom. The first-order chi connectivity index (χ1) is 18.1. The Morgan fingerprint density at radius 1 is 1.24 bits per heavy atom. The second kappa shape index (κ2) is 11.0. The van der Waals surface area contributed by atoms with E-state index in [0.29, 0.717) is 71.0 Å². The molecular formula is C26H31N7O4. The number of nitrogens with one attached hydrogen (secondary N) is 2. The maximum atomic E-state index is 13.2. The van der Waals surface area contributed by atoms with Crippen LogP contribution in [0, 0.1) is 11.3 Å². The van der Waals surface area contributed by atoms with Crippen LogP contribution in [0.25, 0.3) is 11.0 Å². The molecule has 0 aromatic carbocycles. The van der Waals surface area contributed by atoms with Crippen molar-refractivity contribution >= 4 is 28.6 Å². The molecule has 3 aromatic heterocycles. The molecule has 5 heterocycles. The molecule has 0 radical (unpaired) electrons. The molecule has 11 heteroatoms. The van der Waals surface area contributed by atoms with E-state index in [2.05, 4.69) is 31.2 Å². The highest BCUT2D eigenvalue weighted by molar-refractivity contribution is 5.95. The van der Waals surface area contributed by atoms with E-state index < -0.39 is 0 Å². The number of aromatic amines is 1. The first-order valence-corrected chi connectivity index (χ1v) is 12.6. The van der Waals surface area contributed by atoms with Crippen molar-refractivity contribution in [2.75, 3.05) is 58.4 Å². The van der Waals surface area contributed by atoms with Gasteiger partial charge in [0.1, 0.15) is 23.3 Å². The van der Waals surface area contributed by atoms with Crippen LogP contribution in [0.15, 0.2) is 24.5 Å². The Bertz CT molecular complexity index is 1300. The minimum Gasteiger partial charge on any atom is -0.493 e. The number of methoxy groups -OCH3 is 1. The first-order valence-electron chi connectivity index (χ1n) is 12.6. The Kier molecular flexibility index (Phi) is 7.39. The van der Waals surface area contributed by atoms with Crippen LogP contribution in [0.1, 0.15) is 35.7 Å². The number of carbonyl (C=O) groups excluding carboxylic acids is 1. The number of pyridine rings is 2. The molecule has 0 spiro atoms. The number of amides is 1. The number of aromatic nitrogens is 3. The lowest BCUT2D eigenvalue weighted by atomic mass is 10.0. The fourth-order valence-corrected chi connectivity index (χ4v) is 5.01. The van der Waals surface area contributed by atoms with Gasteiger partial charge in [0.15, 0.2) is 11.6 Å². The Morgan fingerprint density at radius 3 is 2.73 bits per heavy atom. The van der Waals surface area contributed by atoms with Gasteiger partial charge < -0.3 is 29.4 Å². The van der Waals surface area contributed by atoms with Gasteiger partial charge in [0.05, 0.1) is 43.4 Å². The van der Waals surface area contributed by atoms with Crippen molar-refractivity contribution in [2.24, 2.45) is 0 Å². The number of ether oxygens (including phenoxy) is 3. The molecule has 0 atom stereocenters. The molecule has 37 heavy (non-hydrogen) atoms. The highest BCUT2D eigenvalue weighted by Gasteiger charge is 2.29. The lowest BCUT2D eigenvalue weighted by molar-refractivity contribution is 0.00158. The van der Waals surface area contributed by atoms with Crippen LogP contribution in [0.5, 0.6) is 11.5 Å². The molecule has 2 fully saturated rings. The number of hydrogen-bond donors (Lipinski definition) is 2. The van der Waals surface area contributed by atoms with Crippen molar-refractivity contribution in [3.63, 3.8) is 0 Å². The summed E-state index contributed by atoms with van der Waals surface area (Å²) in [5.74, 6) is 1.81. The summed E-state index contributed by atoms with van der Waals surface area (Å²) in [6.07, 6.45) is 5.08. The lowest BCUT2D eigenvalue weighted by Gasteiger charge is -2.40. The summed E-state index contributed by atoms with van der Waals surface area (Å²) >= 11 is 0. The largest absolute Gasteiger partial charge is 0.493 e. The molecule has 0 saturated carbocycles. The normalized spacial score (nSPS) is 16.9. The van der Waals surface area contributed by atoms with Gasteiger partial charge in [-0.15, -0.1) is 0 Å². The fourth-order valence-electron chi connectivity index (χ4n) is 5.01. The molecule has 2 aliphatic heterocycles. The summed E-state index contributed by atoms with van der Waals surface area (Å²) in [6, 6.07) is 6.08. The van der Waals surface area contributed by atoms with Crippen LogP contribution in [-0.2, 0) is 4.74 Å². The van der Waals surface area contributed by atoms with Crippen molar-refractivity contribution in [1.82, 2.24) is 24.8 Å². The Hall–Kier alpha value is -3.88. The molecule has 3 aromatic rings. The van der Waals surface area contributed by atoms with E-state index in [0.717, 1.165) is 39.1 Å². The summed E-state index contributed by atoms with van der Waals surface area (Å²) in [7, 11) is 1.54. The van der Waals surface area contributed by atoms with Crippen LogP contribution >= 0.6 is 0 Å². The monoisotopic (exact) mass is 505 g/mol. The molecule has 5 rings (SSSR count). The van der Waals surface area contributed by atoms with Crippen molar-refractivity contribution in [2.45, 2.75) is 25.8 Å². The van der Waals surface area contributed by atoms with Crippen LogP contribution in [0.2, 0.25) is 0 Å². The van der Waals surface area contributed by atoms with E-state index in [1.165, 1.54) is 7.11 Å². The number of carbonyl (C=O) groups is 1. The smallest absolute Gasteiger partial charge is 0.255 e. The molecule has 11 nitrogen and oxygen atoms in total. The highest BCUT2D eigenvalue weighted by Crippen LogP contribution is 2.33. The van der Waals surface area contributed by atoms with Crippen LogP contribution in [0.3, 0.4) is 0 Å². The van der Waals surface area contributed by atoms with Gasteiger partial charge in [-0.1, -0.05) is 0 Å². The third kappa shape index (κ3) is 5.16. The van der Waals surface area contributed by atoms with Gasteiger partial charge in [0.25, 0.3) is 5.91 Å². The number of fused-ring (bicyclic) bond motifs is 1. The summed E-state index contributed by atoms with van der Waals surface area (Å²) in [5.41, 5.74) is 1.47. The molecule has 0 unspecified atom stereocenters. The topological polar surface area (TPSA) is 129 Å². The van der Waals surface area contributed by atoms with Crippen LogP contribution in [0.4, 0.5) is 11.6 Å². The van der Waals surface area contributed by atoms with Gasteiger partial charge >= 0.3 is 0 Å². The maximum Gasteiger partial charge on any atom is 0.255 e. The molecule has 0 bridgehead atoms. The second-order valence-electron chi connectivity index (χ2n) is 9.05. The molecule has 2 saturated heterocycles. The van der Waals surface area contributed by atoms with Gasteiger partial charge in [0.2, 0.25) is 0 Å². The zero-order valence-electron chi connectivity index (χ0n) is 21.1. The molecular weight excluding hydrogens is 474 g/mol. The summed E-state index contributed by atoms with van der Waals surface area (Å²) in [4.78, 5) is 29.6. The van der Waals surface area contributed by atoms with E-state index in [4.69, 9.17) is 14.2 Å². The van der Waals surface area contributed by atoms with Crippen molar-refractivity contribution < 1.29 is 19.0 Å². The number of hydrogen-bond acceptors (Lipinski definition) is 9. The molecule has 0 aliphatic carbocycles. The van der Waals surface area contributed by atoms with Gasteiger partial charge in [-0.2, -0.15) is 5.26 Å². The number of rotatable bonds is 7. The SMILES string of the molecule is CCOc1cc(Nc2ncc(C(=O)N3CCC(N4CCOCC4)CC3)cc2OC)nc2[nH]cc(C#N)c12. The molecule has 194 valence electrons. The predicted octanol–water partition coefficient (Wildman–Crippen LogP) is 2.92. The molecule has 2 aliphatic rings. The third-order valence-electron chi connectivity index (χ3n) is 6.91. The van der Waals surface area contributed by atoms with Crippen LogP contribution < -0.4 is 14.8 Å². The third-order valence-corrected chi connectivity index (χ3v) is 6.91. The van der Waals surface area contributed by atoms with E-state index >= 15 is 0 Å². The molecule has 2 N–H and O–H groups in total. The minimum atomic E-state index is -0.0497. The Balaban J connectivity index is 1.30. The van der Waals surface area contributed by atoms with Gasteiger partial charge in [-0.25, -0.2) is 9.97 Å². The van der Waals surface area contributed by atoms with E-state index in [1.807, 2.05) is 11.8 Å². The van der Waals surface area contributed by atoms with Crippen molar-refractivity contribution in [1.29, 1.82) is 5.26 Å². The zero-order valence-corrected chi connectivity index (χ0v) is 21.1. The summed E-state index contributed by atoms with van der Waals surface area (Å²) < 4.78 is 16.8. The summed E-state index contributed by atoms with van der Waals surface area (Å²) in [6.45, 7) is 7.25. The number of nitriles is 1. The zero-order chi connectivity index (χ0) is 25.8. The highest BCUT2D eigenvalue weighted by atomic mass is 16.5. The minimum absolute atomic E-state index is 0.0497. The van der Waals surface area contributed by atoms with Crippen molar-refractivity contribution in [3.05, 3.63) is 35.7 Å². The van der Waals surface area contributed by atoms with Crippen molar-refractivity contribution in [3.8, 4) is 17.6 Å². The van der Waals surface area contributed by atoms with E-state index in [9.17, 15) is 10.1 Å². The van der Waals surface area contributed by atoms with E-state index in [1.54, 1.807) is 24.5 Å². The fraction of sp³-hybridized carbons (Fsp3) is 0.462.